The van der Waals surface area contributed by atoms with E-state index in [-0.39, 0.29) is 0 Å². The SMILES string of the molecule is Cc1cc2oc(-c3ccc(Cl)cc3)c[n+]2c2c1CCCCC2. The van der Waals surface area contributed by atoms with Gasteiger partial charge < -0.3 is 4.42 Å². The molecule has 0 saturated heterocycles. The van der Waals surface area contributed by atoms with Crippen LogP contribution in [0.1, 0.15) is 36.1 Å². The summed E-state index contributed by atoms with van der Waals surface area (Å²) in [7, 11) is 0. The second kappa shape index (κ2) is 5.44. The lowest BCUT2D eigenvalue weighted by atomic mass is 10.0. The van der Waals surface area contributed by atoms with Gasteiger partial charge in [-0.2, -0.15) is 0 Å². The van der Waals surface area contributed by atoms with Crippen LogP contribution >= 0.6 is 11.6 Å². The van der Waals surface area contributed by atoms with Gasteiger partial charge in [0, 0.05) is 22.6 Å². The molecule has 4 rings (SSSR count). The summed E-state index contributed by atoms with van der Waals surface area (Å²) in [6.45, 7) is 2.20. The lowest BCUT2D eigenvalue weighted by Gasteiger charge is -2.03. The molecular weight excluding hydrogens is 294 g/mol. The van der Waals surface area contributed by atoms with Crippen LogP contribution in [0.3, 0.4) is 0 Å². The fourth-order valence-electron chi connectivity index (χ4n) is 3.46. The van der Waals surface area contributed by atoms with Gasteiger partial charge in [0.05, 0.1) is 6.07 Å². The lowest BCUT2D eigenvalue weighted by Crippen LogP contribution is -2.27. The van der Waals surface area contributed by atoms with E-state index in [0.717, 1.165) is 28.5 Å². The highest BCUT2D eigenvalue weighted by atomic mass is 35.5. The van der Waals surface area contributed by atoms with Gasteiger partial charge in [0.25, 0.3) is 0 Å². The van der Waals surface area contributed by atoms with Crippen molar-refractivity contribution in [1.82, 2.24) is 0 Å². The molecule has 2 aromatic heterocycles. The lowest BCUT2D eigenvalue weighted by molar-refractivity contribution is -0.523. The van der Waals surface area contributed by atoms with Gasteiger partial charge in [0.15, 0.2) is 5.69 Å². The maximum Gasteiger partial charge on any atom is 0.379 e. The summed E-state index contributed by atoms with van der Waals surface area (Å²) >= 11 is 5.98. The maximum absolute atomic E-state index is 6.10. The van der Waals surface area contributed by atoms with Crippen molar-refractivity contribution in [1.29, 1.82) is 0 Å². The molecule has 0 bridgehead atoms. The highest BCUT2D eigenvalue weighted by Gasteiger charge is 2.24. The summed E-state index contributed by atoms with van der Waals surface area (Å²) < 4.78 is 8.35. The van der Waals surface area contributed by atoms with E-state index in [1.54, 1.807) is 0 Å². The highest BCUT2D eigenvalue weighted by Crippen LogP contribution is 2.26. The Labute approximate surface area is 135 Å². The first kappa shape index (κ1) is 13.8. The van der Waals surface area contributed by atoms with Gasteiger partial charge in [-0.1, -0.05) is 18.0 Å². The average Bonchev–Trinajstić information content (AvgIpc) is 2.78. The summed E-state index contributed by atoms with van der Waals surface area (Å²) in [5.41, 5.74) is 6.29. The van der Waals surface area contributed by atoms with Crippen molar-refractivity contribution in [3.05, 3.63) is 58.4 Å². The molecular formula is C19H19ClNO+. The normalized spacial score (nSPS) is 14.8. The molecule has 1 aliphatic carbocycles. The minimum absolute atomic E-state index is 0.747. The maximum atomic E-state index is 6.10. The number of hydrogen-bond donors (Lipinski definition) is 0. The Hall–Kier alpha value is -1.80. The van der Waals surface area contributed by atoms with Crippen molar-refractivity contribution in [2.75, 3.05) is 0 Å². The van der Waals surface area contributed by atoms with Crippen LogP contribution in [-0.4, -0.2) is 0 Å². The van der Waals surface area contributed by atoms with Gasteiger partial charge >= 0.3 is 5.71 Å². The van der Waals surface area contributed by atoms with Crippen LogP contribution in [0.2, 0.25) is 5.02 Å². The average molecular weight is 313 g/mol. The van der Waals surface area contributed by atoms with Crippen molar-refractivity contribution in [2.24, 2.45) is 0 Å². The fraction of sp³-hybridized carbons (Fsp3) is 0.316. The Morgan fingerprint density at radius 1 is 1.05 bits per heavy atom. The minimum Gasteiger partial charge on any atom is -0.398 e. The standard InChI is InChI=1S/C19H19ClNO/c1-13-11-19-21(17-6-4-2-3-5-16(13)17)12-18(22-19)14-7-9-15(20)10-8-14/h7-12H,2-6H2,1H3/q+1. The van der Waals surface area contributed by atoms with E-state index in [1.165, 1.54) is 42.5 Å². The van der Waals surface area contributed by atoms with Crippen LogP contribution < -0.4 is 4.40 Å². The molecule has 0 amide bonds. The van der Waals surface area contributed by atoms with E-state index in [1.807, 2.05) is 24.3 Å². The Balaban J connectivity index is 1.90. The summed E-state index contributed by atoms with van der Waals surface area (Å²) in [6, 6.07) is 9.99. The molecule has 3 heteroatoms. The van der Waals surface area contributed by atoms with Crippen LogP contribution in [0.4, 0.5) is 0 Å². The number of pyridine rings is 1. The Bertz CT molecular complexity index is 833. The highest BCUT2D eigenvalue weighted by molar-refractivity contribution is 6.30. The molecule has 0 atom stereocenters. The first-order valence-electron chi connectivity index (χ1n) is 7.95. The van der Waals surface area contributed by atoms with E-state index in [2.05, 4.69) is 23.6 Å². The number of rotatable bonds is 1. The molecule has 1 aromatic carbocycles. The van der Waals surface area contributed by atoms with Crippen molar-refractivity contribution in [2.45, 2.75) is 39.0 Å². The number of oxazole rings is 1. The minimum atomic E-state index is 0.747. The van der Waals surface area contributed by atoms with Crippen LogP contribution in [0.5, 0.6) is 0 Å². The number of hydrogen-bond acceptors (Lipinski definition) is 1. The quantitative estimate of drug-likeness (QED) is 0.460. The van der Waals surface area contributed by atoms with Gasteiger partial charge in [-0.05, 0) is 56.0 Å². The van der Waals surface area contributed by atoms with Gasteiger partial charge in [-0.25, -0.2) is 0 Å². The number of aromatic nitrogens is 1. The largest absolute Gasteiger partial charge is 0.398 e. The van der Waals surface area contributed by atoms with E-state index in [4.69, 9.17) is 16.0 Å². The molecule has 0 unspecified atom stereocenters. The van der Waals surface area contributed by atoms with Gasteiger partial charge in [0.2, 0.25) is 12.0 Å². The topological polar surface area (TPSA) is 17.2 Å². The van der Waals surface area contributed by atoms with Crippen LogP contribution in [0.25, 0.3) is 17.0 Å². The Morgan fingerprint density at radius 3 is 2.64 bits per heavy atom. The Kier molecular flexibility index (Phi) is 3.42. The number of nitrogens with zero attached hydrogens (tertiary/aromatic N) is 1. The number of benzene rings is 1. The van der Waals surface area contributed by atoms with E-state index >= 15 is 0 Å². The van der Waals surface area contributed by atoms with E-state index < -0.39 is 0 Å². The molecule has 0 fully saturated rings. The van der Waals surface area contributed by atoms with Crippen LogP contribution in [-0.2, 0) is 12.8 Å². The third-order valence-electron chi connectivity index (χ3n) is 4.62. The monoisotopic (exact) mass is 312 g/mol. The van der Waals surface area contributed by atoms with Gasteiger partial charge in [-0.15, -0.1) is 4.40 Å². The van der Waals surface area contributed by atoms with Crippen molar-refractivity contribution in [3.63, 3.8) is 0 Å². The molecule has 2 nitrogen and oxygen atoms in total. The molecule has 2 heterocycles. The molecule has 1 aliphatic rings. The predicted molar refractivity (Wildman–Crippen MR) is 88.3 cm³/mol. The van der Waals surface area contributed by atoms with Gasteiger partial charge in [-0.3, -0.25) is 0 Å². The zero-order valence-corrected chi connectivity index (χ0v) is 13.5. The van der Waals surface area contributed by atoms with Crippen LogP contribution in [0.15, 0.2) is 40.9 Å². The molecule has 0 N–H and O–H groups in total. The second-order valence-electron chi connectivity index (χ2n) is 6.12. The third kappa shape index (κ3) is 2.32. The molecule has 0 saturated carbocycles. The number of aryl methyl sites for hydroxylation is 2. The van der Waals surface area contributed by atoms with Crippen molar-refractivity contribution in [3.8, 4) is 11.3 Å². The fourth-order valence-corrected chi connectivity index (χ4v) is 3.58. The Morgan fingerprint density at radius 2 is 1.82 bits per heavy atom. The van der Waals surface area contributed by atoms with Crippen molar-refractivity contribution < 1.29 is 8.82 Å². The smallest absolute Gasteiger partial charge is 0.379 e. The summed E-state index contributed by atoms with van der Waals surface area (Å²) in [4.78, 5) is 0. The molecule has 0 aliphatic heterocycles. The summed E-state index contributed by atoms with van der Waals surface area (Å²) in [5, 5.41) is 0.747. The number of fused-ring (bicyclic) bond motifs is 3. The summed E-state index contributed by atoms with van der Waals surface area (Å²) in [5.74, 6) is 0.897. The first-order valence-corrected chi connectivity index (χ1v) is 8.33. The molecule has 22 heavy (non-hydrogen) atoms. The molecule has 0 radical (unpaired) electrons. The molecule has 3 aromatic rings. The number of halogens is 1. The van der Waals surface area contributed by atoms with E-state index in [0.29, 0.717) is 0 Å². The predicted octanol–water partition coefficient (Wildman–Crippen LogP) is 4.92. The third-order valence-corrected chi connectivity index (χ3v) is 4.87. The van der Waals surface area contributed by atoms with Gasteiger partial charge in [0.1, 0.15) is 0 Å². The zero-order chi connectivity index (χ0) is 15.1. The second-order valence-corrected chi connectivity index (χ2v) is 6.56. The molecule has 0 spiro atoms. The van der Waals surface area contributed by atoms with E-state index in [9.17, 15) is 0 Å². The van der Waals surface area contributed by atoms with Crippen molar-refractivity contribution >= 4 is 17.3 Å². The van der Waals surface area contributed by atoms with Crippen LogP contribution in [0, 0.1) is 6.92 Å². The zero-order valence-electron chi connectivity index (χ0n) is 12.7. The molecule has 112 valence electrons. The first-order chi connectivity index (χ1) is 10.7. The summed E-state index contributed by atoms with van der Waals surface area (Å²) in [6.07, 6.45) is 8.32.